The lowest BCUT2D eigenvalue weighted by molar-refractivity contribution is -0.152. The molecule has 8 nitrogen and oxygen atoms in total. The molecule has 0 bridgehead atoms. The van der Waals surface area contributed by atoms with Gasteiger partial charge >= 0.3 is 12.1 Å². The number of halogens is 3. The largest absolute Gasteiger partial charge is 0.481 e. The molecule has 2 aromatic rings. The Morgan fingerprint density at radius 3 is 2.60 bits per heavy atom. The van der Waals surface area contributed by atoms with Gasteiger partial charge < -0.3 is 20.1 Å². The molecule has 0 radical (unpaired) electrons. The average molecular weight is 557 g/mol. The number of aryl methyl sites for hydroxylation is 1. The number of anilines is 2. The van der Waals surface area contributed by atoms with E-state index in [4.69, 9.17) is 4.74 Å². The summed E-state index contributed by atoms with van der Waals surface area (Å²) in [5.41, 5.74) is 0.481. The summed E-state index contributed by atoms with van der Waals surface area (Å²) in [6.07, 6.45) is 0.235. The molecule has 40 heavy (non-hydrogen) atoms. The number of nitrogens with zero attached hydrogens (tertiary/aromatic N) is 3. The van der Waals surface area contributed by atoms with Crippen LogP contribution >= 0.6 is 0 Å². The molecular weight excluding hydrogens is 525 g/mol. The fourth-order valence-electron chi connectivity index (χ4n) is 8.48. The van der Waals surface area contributed by atoms with Crippen LogP contribution in [-0.4, -0.2) is 52.8 Å². The number of carboxylic acid groups (broad SMARTS) is 1. The quantitative estimate of drug-likeness (QED) is 0.566. The molecule has 7 rings (SSSR count). The van der Waals surface area contributed by atoms with E-state index < -0.39 is 35.2 Å². The lowest BCUT2D eigenvalue weighted by Crippen LogP contribution is -2.69. The number of hydrogen-bond acceptors (Lipinski definition) is 6. The van der Waals surface area contributed by atoms with Crippen molar-refractivity contribution in [2.75, 3.05) is 24.7 Å². The summed E-state index contributed by atoms with van der Waals surface area (Å²) in [6, 6.07) is 5.58. The van der Waals surface area contributed by atoms with E-state index in [0.29, 0.717) is 44.9 Å². The third-order valence-electron chi connectivity index (χ3n) is 10.5. The Morgan fingerprint density at radius 1 is 1.15 bits per heavy atom. The number of rotatable bonds is 4. The second-order valence-corrected chi connectivity index (χ2v) is 12.4. The molecule has 1 aromatic heterocycles. The smallest absolute Gasteiger partial charge is 0.434 e. The van der Waals surface area contributed by atoms with Gasteiger partial charge in [-0.3, -0.25) is 9.59 Å². The van der Waals surface area contributed by atoms with Crippen molar-refractivity contribution in [3.63, 3.8) is 0 Å². The Hall–Kier alpha value is -3.21. The minimum Gasteiger partial charge on any atom is -0.481 e. The van der Waals surface area contributed by atoms with Crippen LogP contribution in [0.5, 0.6) is 0 Å². The number of hydrogen-bond donors (Lipinski definition) is 2. The van der Waals surface area contributed by atoms with E-state index in [9.17, 15) is 27.9 Å². The van der Waals surface area contributed by atoms with Gasteiger partial charge in [0.2, 0.25) is 5.95 Å². The molecule has 11 heteroatoms. The molecule has 5 atom stereocenters. The first-order chi connectivity index (χ1) is 19.0. The number of carboxylic acids is 1. The monoisotopic (exact) mass is 556 g/mol. The molecule has 5 unspecified atom stereocenters. The highest BCUT2D eigenvalue weighted by Gasteiger charge is 2.70. The molecule has 2 N–H and O–H groups in total. The number of carbonyl (C=O) groups is 2. The van der Waals surface area contributed by atoms with E-state index in [1.165, 1.54) is 0 Å². The molecule has 1 amide bonds. The predicted octanol–water partition coefficient (Wildman–Crippen LogP) is 4.62. The highest BCUT2D eigenvalue weighted by molar-refractivity contribution is 5.95. The third-order valence-corrected chi connectivity index (χ3v) is 10.5. The van der Waals surface area contributed by atoms with Gasteiger partial charge in [-0.2, -0.15) is 13.2 Å². The van der Waals surface area contributed by atoms with Crippen LogP contribution in [-0.2, 0) is 21.1 Å². The van der Waals surface area contributed by atoms with Crippen molar-refractivity contribution < 1.29 is 32.6 Å². The average Bonchev–Trinajstić information content (AvgIpc) is 3.43. The second kappa shape index (κ2) is 8.64. The van der Waals surface area contributed by atoms with Crippen molar-refractivity contribution in [1.82, 2.24) is 15.3 Å². The Kier molecular flexibility index (Phi) is 5.56. The van der Waals surface area contributed by atoms with E-state index in [-0.39, 0.29) is 28.7 Å². The standard InChI is InChI=1S/C29H31F3N4O4/c1-15-2-3-21-20(8-15)27(4-6-40-7-5-27)14-36(21)26-33-13-19(23(35-26)29(30,31)32)24(37)34-22-11-18-10-17-9-16(25(38)39)12-28(17,18)22/h2-3,8,13,16-18,22H,4-7,9-12,14H2,1H3,(H,34,37)(H,38,39). The first kappa shape index (κ1) is 25.7. The molecular formula is C29H31F3N4O4. The molecule has 3 heterocycles. The Balaban J connectivity index is 1.18. The summed E-state index contributed by atoms with van der Waals surface area (Å²) in [5, 5.41) is 12.3. The summed E-state index contributed by atoms with van der Waals surface area (Å²) in [5.74, 6) is -1.74. The van der Waals surface area contributed by atoms with Gasteiger partial charge in [-0.1, -0.05) is 17.7 Å². The highest BCUT2D eigenvalue weighted by Crippen LogP contribution is 2.72. The topological polar surface area (TPSA) is 105 Å². The zero-order valence-corrected chi connectivity index (χ0v) is 22.1. The summed E-state index contributed by atoms with van der Waals surface area (Å²) in [4.78, 5) is 34.9. The number of benzene rings is 1. The Labute approximate surface area is 229 Å². The molecule has 2 spiro atoms. The van der Waals surface area contributed by atoms with Gasteiger partial charge in [-0.15, -0.1) is 0 Å². The fraction of sp³-hybridized carbons (Fsp3) is 0.586. The van der Waals surface area contributed by atoms with Crippen LogP contribution in [0, 0.1) is 30.1 Å². The van der Waals surface area contributed by atoms with Crippen LogP contribution in [0.25, 0.3) is 0 Å². The van der Waals surface area contributed by atoms with Crippen molar-refractivity contribution in [2.45, 2.75) is 63.1 Å². The third kappa shape index (κ3) is 3.62. The van der Waals surface area contributed by atoms with E-state index in [2.05, 4.69) is 21.4 Å². The van der Waals surface area contributed by atoms with Crippen molar-refractivity contribution in [3.05, 3.63) is 46.8 Å². The maximum Gasteiger partial charge on any atom is 0.434 e. The second-order valence-electron chi connectivity index (χ2n) is 12.4. The highest BCUT2D eigenvalue weighted by atomic mass is 19.4. The van der Waals surface area contributed by atoms with Gasteiger partial charge in [0.25, 0.3) is 5.91 Å². The number of carbonyl (C=O) groups excluding carboxylic acids is 1. The normalized spacial score (nSPS) is 31.6. The van der Waals surface area contributed by atoms with Crippen LogP contribution in [0.4, 0.5) is 24.8 Å². The Bertz CT molecular complexity index is 1410. The molecule has 2 aliphatic heterocycles. The number of amides is 1. The lowest BCUT2D eigenvalue weighted by atomic mass is 9.41. The zero-order valence-electron chi connectivity index (χ0n) is 22.1. The molecule has 3 aliphatic carbocycles. The number of nitrogens with one attached hydrogen (secondary N) is 1. The lowest BCUT2D eigenvalue weighted by Gasteiger charge is -2.66. The summed E-state index contributed by atoms with van der Waals surface area (Å²) in [6.45, 7) is 3.58. The number of ether oxygens (including phenoxy) is 1. The first-order valence-corrected chi connectivity index (χ1v) is 14.0. The van der Waals surface area contributed by atoms with Gasteiger partial charge in [0, 0.05) is 43.1 Å². The molecule has 3 saturated carbocycles. The van der Waals surface area contributed by atoms with Crippen LogP contribution in [0.15, 0.2) is 24.4 Å². The number of aliphatic carboxylic acids is 1. The maximum absolute atomic E-state index is 14.3. The minimum absolute atomic E-state index is 0.0844. The van der Waals surface area contributed by atoms with Crippen LogP contribution in [0.2, 0.25) is 0 Å². The molecule has 4 fully saturated rings. The van der Waals surface area contributed by atoms with Crippen molar-refractivity contribution in [2.24, 2.45) is 23.2 Å². The van der Waals surface area contributed by atoms with Crippen molar-refractivity contribution in [1.29, 1.82) is 0 Å². The van der Waals surface area contributed by atoms with E-state index in [1.807, 2.05) is 19.1 Å². The molecule has 1 aromatic carbocycles. The number of aromatic nitrogens is 2. The van der Waals surface area contributed by atoms with E-state index >= 15 is 0 Å². The summed E-state index contributed by atoms with van der Waals surface area (Å²) < 4.78 is 48.6. The number of alkyl halides is 3. The van der Waals surface area contributed by atoms with Crippen molar-refractivity contribution >= 4 is 23.5 Å². The van der Waals surface area contributed by atoms with Gasteiger partial charge in [-0.25, -0.2) is 9.97 Å². The molecule has 5 aliphatic rings. The molecule has 1 saturated heterocycles. The van der Waals surface area contributed by atoms with Crippen LogP contribution in [0.1, 0.15) is 65.7 Å². The Morgan fingerprint density at radius 2 is 1.90 bits per heavy atom. The SMILES string of the molecule is Cc1ccc2c(c1)C1(CCOCC1)CN2c1ncc(C(=O)NC2CC3CC4CC(C(=O)O)CC432)c(C(F)(F)F)n1. The van der Waals surface area contributed by atoms with Gasteiger partial charge in [0.1, 0.15) is 0 Å². The minimum atomic E-state index is -4.86. The van der Waals surface area contributed by atoms with Crippen molar-refractivity contribution in [3.8, 4) is 0 Å². The predicted molar refractivity (Wildman–Crippen MR) is 137 cm³/mol. The zero-order chi connectivity index (χ0) is 28.0. The maximum atomic E-state index is 14.3. The van der Waals surface area contributed by atoms with Crippen LogP contribution < -0.4 is 10.2 Å². The number of fused-ring (bicyclic) bond motifs is 2. The van der Waals surface area contributed by atoms with Gasteiger partial charge in [0.05, 0.1) is 11.5 Å². The summed E-state index contributed by atoms with van der Waals surface area (Å²) >= 11 is 0. The van der Waals surface area contributed by atoms with Gasteiger partial charge in [0.15, 0.2) is 5.69 Å². The molecule has 212 valence electrons. The van der Waals surface area contributed by atoms with Crippen LogP contribution in [0.3, 0.4) is 0 Å². The van der Waals surface area contributed by atoms with Gasteiger partial charge in [-0.05, 0) is 74.3 Å². The van der Waals surface area contributed by atoms with E-state index in [0.717, 1.165) is 42.3 Å². The fourth-order valence-corrected chi connectivity index (χ4v) is 8.48. The van der Waals surface area contributed by atoms with E-state index in [1.54, 1.807) is 4.90 Å². The first-order valence-electron chi connectivity index (χ1n) is 14.0. The summed E-state index contributed by atoms with van der Waals surface area (Å²) in [7, 11) is 0.